The maximum absolute atomic E-state index is 11.1. The topological polar surface area (TPSA) is 203 Å². The molecule has 0 spiro atoms. The Kier molecular flexibility index (Phi) is 25.9. The summed E-state index contributed by atoms with van der Waals surface area (Å²) in [6, 6.07) is 0. The molecule has 0 aromatic heterocycles. The van der Waals surface area contributed by atoms with Gasteiger partial charge >= 0.3 is 0 Å². The fourth-order valence-electron chi connectivity index (χ4n) is 3.37. The van der Waals surface area contributed by atoms with E-state index in [1.807, 2.05) is 6.92 Å². The van der Waals surface area contributed by atoms with Gasteiger partial charge < -0.3 is 59.7 Å². The van der Waals surface area contributed by atoms with Crippen LogP contribution in [0.3, 0.4) is 0 Å². The highest BCUT2D eigenvalue weighted by Gasteiger charge is 2.30. The summed E-state index contributed by atoms with van der Waals surface area (Å²) in [7, 11) is 0. The van der Waals surface area contributed by atoms with E-state index in [4.69, 9.17) is 28.4 Å². The number of ether oxygens (including phenoxy) is 6. The summed E-state index contributed by atoms with van der Waals surface area (Å²) < 4.78 is 33.3. The third-order valence-electron chi connectivity index (χ3n) is 6.29. The quantitative estimate of drug-likeness (QED) is 0.0321. The van der Waals surface area contributed by atoms with Crippen LogP contribution in [0.5, 0.6) is 0 Å². The normalized spacial score (nSPS) is 14.4. The van der Waals surface area contributed by atoms with Crippen molar-refractivity contribution in [3.63, 3.8) is 0 Å². The molecule has 0 aromatic carbocycles. The van der Waals surface area contributed by atoms with Crippen molar-refractivity contribution in [2.24, 2.45) is 5.41 Å². The summed E-state index contributed by atoms with van der Waals surface area (Å²) in [5.41, 5.74) is -0.552. The smallest absolute Gasteiger partial charge is 0.245 e. The van der Waals surface area contributed by atoms with Gasteiger partial charge in [0.2, 0.25) is 17.7 Å². The van der Waals surface area contributed by atoms with Crippen LogP contribution in [0.1, 0.15) is 32.6 Å². The van der Waals surface area contributed by atoms with Crippen LogP contribution < -0.4 is 16.0 Å². The fourth-order valence-corrected chi connectivity index (χ4v) is 3.37. The Bertz CT molecular complexity index is 742. The molecule has 0 rings (SSSR count). The number of amides is 3. The predicted octanol–water partition coefficient (Wildman–Crippen LogP) is -0.485. The van der Waals surface area contributed by atoms with Crippen molar-refractivity contribution in [3.05, 3.63) is 38.0 Å². The van der Waals surface area contributed by atoms with E-state index in [1.165, 1.54) is 0 Å². The van der Waals surface area contributed by atoms with E-state index in [-0.39, 0.29) is 97.4 Å². The summed E-state index contributed by atoms with van der Waals surface area (Å²) in [6.45, 7) is 13.4. The van der Waals surface area contributed by atoms with Crippen LogP contribution in [0.2, 0.25) is 0 Å². The van der Waals surface area contributed by atoms with Crippen LogP contribution >= 0.6 is 0 Å². The van der Waals surface area contributed by atoms with Crippen molar-refractivity contribution in [2.75, 3.05) is 79.7 Å². The molecular formula is C30H53N3O12. The van der Waals surface area contributed by atoms with E-state index in [2.05, 4.69) is 35.7 Å². The molecule has 0 radical (unpaired) electrons. The van der Waals surface area contributed by atoms with Crippen molar-refractivity contribution in [1.29, 1.82) is 0 Å². The number of carbonyl (C=O) groups is 3. The number of hydrogen-bond acceptors (Lipinski definition) is 12. The van der Waals surface area contributed by atoms with E-state index in [0.717, 1.165) is 18.2 Å². The molecule has 0 heterocycles. The van der Waals surface area contributed by atoms with Gasteiger partial charge in [0, 0.05) is 25.2 Å². The molecule has 3 unspecified atom stereocenters. The van der Waals surface area contributed by atoms with Gasteiger partial charge in [-0.05, 0) is 43.9 Å². The molecule has 0 bridgehead atoms. The molecule has 15 nitrogen and oxygen atoms in total. The van der Waals surface area contributed by atoms with E-state index in [0.29, 0.717) is 25.7 Å². The van der Waals surface area contributed by atoms with Gasteiger partial charge in [0.25, 0.3) is 0 Å². The minimum atomic E-state index is -0.795. The fraction of sp³-hybridized carbons (Fsp3) is 0.700. The highest BCUT2D eigenvalue weighted by Crippen LogP contribution is 2.24. The van der Waals surface area contributed by atoms with Crippen LogP contribution in [0.15, 0.2) is 38.0 Å². The summed E-state index contributed by atoms with van der Waals surface area (Å²) in [5, 5.41) is 37.8. The molecule has 6 N–H and O–H groups in total. The van der Waals surface area contributed by atoms with Crippen molar-refractivity contribution in [1.82, 2.24) is 16.0 Å². The molecule has 15 heteroatoms. The van der Waals surface area contributed by atoms with E-state index < -0.39 is 23.7 Å². The van der Waals surface area contributed by atoms with E-state index in [1.54, 1.807) is 0 Å². The first-order chi connectivity index (χ1) is 21.6. The van der Waals surface area contributed by atoms with Gasteiger partial charge in [-0.25, -0.2) is 0 Å². The number of rotatable bonds is 31. The van der Waals surface area contributed by atoms with Gasteiger partial charge in [-0.2, -0.15) is 0 Å². The lowest BCUT2D eigenvalue weighted by Gasteiger charge is -2.32. The molecule has 0 aliphatic carbocycles. The van der Waals surface area contributed by atoms with Crippen LogP contribution in [0, 0.1) is 5.41 Å². The second-order valence-corrected chi connectivity index (χ2v) is 10.1. The van der Waals surface area contributed by atoms with Crippen molar-refractivity contribution >= 4 is 17.7 Å². The second-order valence-electron chi connectivity index (χ2n) is 10.1. The molecular weight excluding hydrogens is 594 g/mol. The van der Waals surface area contributed by atoms with Gasteiger partial charge in [0.15, 0.2) is 0 Å². The zero-order valence-electron chi connectivity index (χ0n) is 26.4. The Hall–Kier alpha value is -2.73. The number of nitrogens with one attached hydrogen (secondary N) is 3. The van der Waals surface area contributed by atoms with Crippen LogP contribution in [0.25, 0.3) is 0 Å². The minimum Gasteiger partial charge on any atom is -0.391 e. The van der Waals surface area contributed by atoms with E-state index in [9.17, 15) is 29.7 Å². The molecule has 260 valence electrons. The van der Waals surface area contributed by atoms with Crippen LogP contribution in [-0.2, 0) is 42.8 Å². The third-order valence-corrected chi connectivity index (χ3v) is 6.29. The first kappa shape index (κ1) is 42.3. The average Bonchev–Trinajstić information content (AvgIpc) is 3.04. The summed E-state index contributed by atoms with van der Waals surface area (Å²) in [6.07, 6.45) is 2.52. The van der Waals surface area contributed by atoms with Gasteiger partial charge in [-0.15, -0.1) is 0 Å². The molecule has 45 heavy (non-hydrogen) atoms. The Labute approximate surface area is 265 Å². The van der Waals surface area contributed by atoms with Crippen molar-refractivity contribution in [3.8, 4) is 0 Å². The zero-order chi connectivity index (χ0) is 33.8. The first-order valence-corrected chi connectivity index (χ1v) is 14.8. The number of aliphatic hydroxyl groups is 3. The zero-order valence-corrected chi connectivity index (χ0v) is 26.4. The number of hydrogen-bond donors (Lipinski definition) is 6. The lowest BCUT2D eigenvalue weighted by Crippen LogP contribution is -2.38. The highest BCUT2D eigenvalue weighted by molar-refractivity contribution is 5.87. The molecule has 0 fully saturated rings. The van der Waals surface area contributed by atoms with Gasteiger partial charge in [-0.3, -0.25) is 14.4 Å². The number of carbonyl (C=O) groups excluding carboxylic acids is 3. The highest BCUT2D eigenvalue weighted by atomic mass is 16.5. The maximum atomic E-state index is 11.1. The van der Waals surface area contributed by atoms with Gasteiger partial charge in [-0.1, -0.05) is 26.7 Å². The van der Waals surface area contributed by atoms with Crippen molar-refractivity contribution in [2.45, 2.75) is 50.9 Å². The standard InChI is InChI=1S/C30H53N3O12/c1-5-27(37)31-21-43-15-24(34)9-12-40-18-30(8-4,19-41-13-10-25(35)16-44-22-32-28(38)6-2)20-42-14-11-26(36)17-45-23-33-29(39)7-3/h5-7,24-26,34-36H,1-3,8-23H2,4H3,(H,31,37)(H,32,38)(H,33,39). The molecule has 0 saturated carbocycles. The molecule has 0 saturated heterocycles. The lowest BCUT2D eigenvalue weighted by atomic mass is 9.88. The Morgan fingerprint density at radius 1 is 0.600 bits per heavy atom. The SMILES string of the molecule is C=CC(=O)NCOCC(O)CCOCC(CC)(COCCC(O)COCNC(=O)C=C)COCCC(O)COCNC(=O)C=C. The minimum absolute atomic E-state index is 0.0191. The Balaban J connectivity index is 4.69. The first-order valence-electron chi connectivity index (χ1n) is 14.8. The molecule has 3 atom stereocenters. The van der Waals surface area contributed by atoms with Gasteiger partial charge in [0.05, 0.1) is 58.0 Å². The average molecular weight is 648 g/mol. The molecule has 3 amide bonds. The second kappa shape index (κ2) is 27.6. The number of aliphatic hydroxyl groups excluding tert-OH is 3. The Morgan fingerprint density at radius 3 is 1.13 bits per heavy atom. The van der Waals surface area contributed by atoms with E-state index >= 15 is 0 Å². The third kappa shape index (κ3) is 24.2. The lowest BCUT2D eigenvalue weighted by molar-refractivity contribution is -0.119. The van der Waals surface area contributed by atoms with Gasteiger partial charge in [0.1, 0.15) is 20.2 Å². The molecule has 0 aliphatic heterocycles. The summed E-state index contributed by atoms with van der Waals surface area (Å²) >= 11 is 0. The predicted molar refractivity (Wildman–Crippen MR) is 165 cm³/mol. The van der Waals surface area contributed by atoms with Crippen LogP contribution in [0.4, 0.5) is 0 Å². The molecule has 0 aromatic rings. The van der Waals surface area contributed by atoms with Crippen molar-refractivity contribution < 1.29 is 58.1 Å². The summed E-state index contributed by atoms with van der Waals surface area (Å²) in [5.74, 6) is -1.12. The summed E-state index contributed by atoms with van der Waals surface area (Å²) in [4.78, 5) is 33.4. The van der Waals surface area contributed by atoms with Crippen LogP contribution in [-0.4, -0.2) is 131 Å². The Morgan fingerprint density at radius 2 is 0.889 bits per heavy atom. The maximum Gasteiger partial charge on any atom is 0.245 e. The largest absolute Gasteiger partial charge is 0.391 e. The monoisotopic (exact) mass is 647 g/mol. The molecule has 0 aliphatic rings.